The Kier molecular flexibility index (Phi) is 4.01. The van der Waals surface area contributed by atoms with Crippen LogP contribution in [0.3, 0.4) is 0 Å². The number of hydrogen-bond acceptors (Lipinski definition) is 3. The smallest absolute Gasteiger partial charge is 0.129 e. The van der Waals surface area contributed by atoms with Crippen molar-refractivity contribution in [1.82, 2.24) is 9.78 Å². The maximum atomic E-state index is 6.18. The molecule has 0 unspecified atom stereocenters. The fourth-order valence-corrected chi connectivity index (χ4v) is 3.55. The maximum absolute atomic E-state index is 6.18. The number of aromatic nitrogens is 2. The Hall–Kier alpha value is -1.01. The van der Waals surface area contributed by atoms with Crippen molar-refractivity contribution in [3.63, 3.8) is 0 Å². The molecule has 0 fully saturated rings. The lowest BCUT2D eigenvalue weighted by Crippen LogP contribution is -1.98. The van der Waals surface area contributed by atoms with Gasteiger partial charge in [-0.1, -0.05) is 29.3 Å². The van der Waals surface area contributed by atoms with Crippen molar-refractivity contribution < 1.29 is 0 Å². The summed E-state index contributed by atoms with van der Waals surface area (Å²) in [5.74, 6) is 0.589. The van der Waals surface area contributed by atoms with Crippen LogP contribution in [0.4, 0.5) is 5.82 Å². The minimum Gasteiger partial charge on any atom is -0.383 e. The predicted octanol–water partition coefficient (Wildman–Crippen LogP) is 5.47. The first-order valence-corrected chi connectivity index (χ1v) is 8.42. The number of nitrogen functional groups attached to an aromatic ring is 1. The average molecular weight is 403 g/mol. The van der Waals surface area contributed by atoms with Crippen LogP contribution >= 0.6 is 50.5 Å². The number of benzene rings is 1. The van der Waals surface area contributed by atoms with Crippen LogP contribution in [0.1, 0.15) is 0 Å². The van der Waals surface area contributed by atoms with E-state index >= 15 is 0 Å². The molecule has 2 aromatic heterocycles. The summed E-state index contributed by atoms with van der Waals surface area (Å²) in [6, 6.07) is 7.49. The van der Waals surface area contributed by atoms with Crippen molar-refractivity contribution >= 4 is 56.3 Å². The van der Waals surface area contributed by atoms with Crippen LogP contribution in [0.15, 0.2) is 33.4 Å². The fraction of sp³-hybridized carbons (Fsp3) is 0.0714. The van der Waals surface area contributed by atoms with Crippen LogP contribution in [-0.2, 0) is 7.05 Å². The van der Waals surface area contributed by atoms with Gasteiger partial charge in [-0.15, -0.1) is 11.3 Å². The molecule has 7 heteroatoms. The number of anilines is 1. The standard InChI is InChI=1S/C14H10BrCl2N3S/c1-20-14(18)12(7-2-3-9(16)10(17)4-7)13(19-20)8-5-11(15)21-6-8/h2-6H,18H2,1H3. The van der Waals surface area contributed by atoms with Crippen LogP contribution in [0, 0.1) is 0 Å². The fourth-order valence-electron chi connectivity index (χ4n) is 2.11. The molecule has 0 aliphatic rings. The zero-order valence-electron chi connectivity index (χ0n) is 10.9. The van der Waals surface area contributed by atoms with Gasteiger partial charge in [0.15, 0.2) is 0 Å². The first-order chi connectivity index (χ1) is 9.97. The summed E-state index contributed by atoms with van der Waals surface area (Å²) in [5, 5.41) is 7.57. The number of rotatable bonds is 2. The summed E-state index contributed by atoms with van der Waals surface area (Å²) < 4.78 is 2.71. The molecule has 1 aromatic carbocycles. The summed E-state index contributed by atoms with van der Waals surface area (Å²) in [7, 11) is 1.82. The van der Waals surface area contributed by atoms with E-state index in [1.807, 2.05) is 30.6 Å². The molecule has 3 rings (SSSR count). The van der Waals surface area contributed by atoms with Crippen LogP contribution in [-0.4, -0.2) is 9.78 Å². The highest BCUT2D eigenvalue weighted by Crippen LogP contribution is 2.40. The van der Waals surface area contributed by atoms with Gasteiger partial charge in [0.25, 0.3) is 0 Å². The van der Waals surface area contributed by atoms with Crippen molar-refractivity contribution in [2.45, 2.75) is 0 Å². The highest BCUT2D eigenvalue weighted by Gasteiger charge is 2.19. The SMILES string of the molecule is Cn1nc(-c2csc(Br)c2)c(-c2ccc(Cl)c(Cl)c2)c1N. The molecule has 0 saturated carbocycles. The van der Waals surface area contributed by atoms with Gasteiger partial charge in [0, 0.05) is 18.0 Å². The monoisotopic (exact) mass is 401 g/mol. The Morgan fingerprint density at radius 2 is 1.95 bits per heavy atom. The number of hydrogen-bond donors (Lipinski definition) is 1. The molecule has 0 aliphatic heterocycles. The first-order valence-electron chi connectivity index (χ1n) is 5.99. The Morgan fingerprint density at radius 3 is 2.57 bits per heavy atom. The van der Waals surface area contributed by atoms with Crippen molar-refractivity contribution in [3.8, 4) is 22.4 Å². The zero-order valence-corrected chi connectivity index (χ0v) is 14.8. The van der Waals surface area contributed by atoms with E-state index in [4.69, 9.17) is 28.9 Å². The van der Waals surface area contributed by atoms with E-state index in [0.29, 0.717) is 15.9 Å². The Balaban J connectivity index is 2.24. The number of nitrogens with two attached hydrogens (primary N) is 1. The second-order valence-electron chi connectivity index (χ2n) is 4.50. The van der Waals surface area contributed by atoms with E-state index in [2.05, 4.69) is 21.0 Å². The van der Waals surface area contributed by atoms with Crippen LogP contribution in [0.25, 0.3) is 22.4 Å². The largest absolute Gasteiger partial charge is 0.383 e. The quantitative estimate of drug-likeness (QED) is 0.617. The van der Waals surface area contributed by atoms with E-state index in [1.54, 1.807) is 22.1 Å². The topological polar surface area (TPSA) is 43.8 Å². The average Bonchev–Trinajstić information content (AvgIpc) is 2.99. The normalized spacial score (nSPS) is 11.0. The Labute approximate surface area is 144 Å². The van der Waals surface area contributed by atoms with Gasteiger partial charge in [-0.05, 0) is 39.7 Å². The maximum Gasteiger partial charge on any atom is 0.129 e. The van der Waals surface area contributed by atoms with Crippen LogP contribution in [0.5, 0.6) is 0 Å². The zero-order chi connectivity index (χ0) is 15.1. The molecule has 3 nitrogen and oxygen atoms in total. The third-order valence-electron chi connectivity index (χ3n) is 3.14. The lowest BCUT2D eigenvalue weighted by molar-refractivity contribution is 0.782. The minimum atomic E-state index is 0.495. The molecule has 0 atom stereocenters. The molecule has 0 saturated heterocycles. The highest BCUT2D eigenvalue weighted by atomic mass is 79.9. The van der Waals surface area contributed by atoms with Gasteiger partial charge in [0.05, 0.1) is 19.4 Å². The van der Waals surface area contributed by atoms with Gasteiger partial charge < -0.3 is 5.73 Å². The third kappa shape index (κ3) is 2.71. The molecule has 108 valence electrons. The first kappa shape index (κ1) is 14.9. The molecule has 21 heavy (non-hydrogen) atoms. The van der Waals surface area contributed by atoms with Gasteiger partial charge in [0.2, 0.25) is 0 Å². The molecule has 0 spiro atoms. The molecule has 0 bridgehead atoms. The molecule has 0 amide bonds. The van der Waals surface area contributed by atoms with Crippen molar-refractivity contribution in [3.05, 3.63) is 43.5 Å². The summed E-state index contributed by atoms with van der Waals surface area (Å²) >= 11 is 17.2. The summed E-state index contributed by atoms with van der Waals surface area (Å²) in [6.07, 6.45) is 0. The molecule has 0 aliphatic carbocycles. The minimum absolute atomic E-state index is 0.495. The summed E-state index contributed by atoms with van der Waals surface area (Å²) in [4.78, 5) is 0. The third-order valence-corrected chi connectivity index (χ3v) is 5.38. The van der Waals surface area contributed by atoms with Crippen LogP contribution < -0.4 is 5.73 Å². The van der Waals surface area contributed by atoms with Crippen molar-refractivity contribution in [2.24, 2.45) is 7.05 Å². The second kappa shape index (κ2) is 5.65. The number of halogens is 3. The van der Waals surface area contributed by atoms with Gasteiger partial charge in [-0.25, -0.2) is 0 Å². The summed E-state index contributed by atoms with van der Waals surface area (Å²) in [5.41, 5.74) is 9.78. The van der Waals surface area contributed by atoms with E-state index in [9.17, 15) is 0 Å². The molecule has 2 N–H and O–H groups in total. The predicted molar refractivity (Wildman–Crippen MR) is 94.1 cm³/mol. The molecule has 3 aromatic rings. The number of aryl methyl sites for hydroxylation is 1. The van der Waals surface area contributed by atoms with E-state index in [0.717, 1.165) is 26.2 Å². The highest BCUT2D eigenvalue weighted by molar-refractivity contribution is 9.11. The lowest BCUT2D eigenvalue weighted by atomic mass is 10.0. The van der Waals surface area contributed by atoms with Crippen molar-refractivity contribution in [1.29, 1.82) is 0 Å². The Bertz CT molecular complexity index is 826. The molecular formula is C14H10BrCl2N3S. The van der Waals surface area contributed by atoms with E-state index in [1.165, 1.54) is 0 Å². The van der Waals surface area contributed by atoms with Crippen molar-refractivity contribution in [2.75, 3.05) is 5.73 Å². The molecular weight excluding hydrogens is 393 g/mol. The number of thiophene rings is 1. The van der Waals surface area contributed by atoms with Gasteiger partial charge >= 0.3 is 0 Å². The van der Waals surface area contributed by atoms with E-state index < -0.39 is 0 Å². The second-order valence-corrected chi connectivity index (χ2v) is 7.61. The Morgan fingerprint density at radius 1 is 1.19 bits per heavy atom. The van der Waals surface area contributed by atoms with Crippen LogP contribution in [0.2, 0.25) is 10.0 Å². The summed E-state index contributed by atoms with van der Waals surface area (Å²) in [6.45, 7) is 0. The number of nitrogens with zero attached hydrogens (tertiary/aromatic N) is 2. The lowest BCUT2D eigenvalue weighted by Gasteiger charge is -2.05. The van der Waals surface area contributed by atoms with Gasteiger partial charge in [-0.2, -0.15) is 5.10 Å². The van der Waals surface area contributed by atoms with E-state index in [-0.39, 0.29) is 0 Å². The molecule has 0 radical (unpaired) electrons. The molecule has 2 heterocycles. The van der Waals surface area contributed by atoms with Gasteiger partial charge in [0.1, 0.15) is 11.5 Å². The van der Waals surface area contributed by atoms with Gasteiger partial charge in [-0.3, -0.25) is 4.68 Å².